The molecule has 1 atom stereocenters. The number of urea groups is 1. The lowest BCUT2D eigenvalue weighted by molar-refractivity contribution is 0.219. The van der Waals surface area contributed by atoms with Crippen molar-refractivity contribution in [2.45, 2.75) is 39.7 Å². The van der Waals surface area contributed by atoms with Crippen LogP contribution in [0.25, 0.3) is 0 Å². The molecule has 0 aliphatic carbocycles. The summed E-state index contributed by atoms with van der Waals surface area (Å²) in [4.78, 5) is 11.8. The molecule has 0 spiro atoms. The third-order valence-corrected chi connectivity index (χ3v) is 3.34. The summed E-state index contributed by atoms with van der Waals surface area (Å²) in [5.74, 6) is 0.310. The number of benzene rings is 1. The van der Waals surface area contributed by atoms with E-state index in [4.69, 9.17) is 5.11 Å². The summed E-state index contributed by atoms with van der Waals surface area (Å²) in [7, 11) is 0. The number of hydrogen-bond acceptors (Lipinski definition) is 2. The van der Waals surface area contributed by atoms with Gasteiger partial charge in [-0.15, -0.1) is 0 Å². The first kappa shape index (κ1) is 16.5. The first-order chi connectivity index (χ1) is 9.52. The summed E-state index contributed by atoms with van der Waals surface area (Å²) in [5.41, 5.74) is 2.45. The van der Waals surface area contributed by atoms with E-state index in [0.29, 0.717) is 18.9 Å². The highest BCUT2D eigenvalue weighted by Gasteiger charge is 2.14. The molecule has 0 radical (unpaired) electrons. The molecule has 2 amide bonds. The summed E-state index contributed by atoms with van der Waals surface area (Å²) >= 11 is 0. The summed E-state index contributed by atoms with van der Waals surface area (Å²) in [5, 5.41) is 14.7. The highest BCUT2D eigenvalue weighted by molar-refractivity contribution is 5.74. The van der Waals surface area contributed by atoms with E-state index in [1.165, 1.54) is 11.1 Å². The predicted octanol–water partition coefficient (Wildman–Crippen LogP) is 2.24. The van der Waals surface area contributed by atoms with Gasteiger partial charge in [0.05, 0.1) is 0 Å². The van der Waals surface area contributed by atoms with Crippen LogP contribution >= 0.6 is 0 Å². The molecule has 0 aromatic heterocycles. The lowest BCUT2D eigenvalue weighted by Gasteiger charge is -2.21. The second-order valence-electron chi connectivity index (χ2n) is 5.50. The van der Waals surface area contributed by atoms with Crippen molar-refractivity contribution in [3.8, 4) is 0 Å². The fourth-order valence-electron chi connectivity index (χ4n) is 2.12. The van der Waals surface area contributed by atoms with Crippen molar-refractivity contribution in [3.63, 3.8) is 0 Å². The number of carbonyl (C=O) groups excluding carboxylic acids is 1. The summed E-state index contributed by atoms with van der Waals surface area (Å²) in [6.45, 7) is 6.83. The smallest absolute Gasteiger partial charge is 0.315 e. The van der Waals surface area contributed by atoms with Crippen molar-refractivity contribution in [2.75, 3.05) is 13.2 Å². The Labute approximate surface area is 121 Å². The van der Waals surface area contributed by atoms with E-state index in [2.05, 4.69) is 35.8 Å². The van der Waals surface area contributed by atoms with Gasteiger partial charge in [-0.1, -0.05) is 43.7 Å². The van der Waals surface area contributed by atoms with Gasteiger partial charge in [0.1, 0.15) is 0 Å². The van der Waals surface area contributed by atoms with E-state index in [1.807, 2.05) is 19.9 Å². The molecule has 0 aliphatic heterocycles. The molecule has 1 aromatic carbocycles. The second-order valence-corrected chi connectivity index (χ2v) is 5.50. The lowest BCUT2D eigenvalue weighted by Crippen LogP contribution is -2.45. The van der Waals surface area contributed by atoms with Crippen molar-refractivity contribution >= 4 is 6.03 Å². The minimum Gasteiger partial charge on any atom is -0.396 e. The molecule has 0 aliphatic rings. The van der Waals surface area contributed by atoms with Gasteiger partial charge in [-0.25, -0.2) is 4.79 Å². The number of aryl methyl sites for hydroxylation is 1. The van der Waals surface area contributed by atoms with Crippen LogP contribution in [0.2, 0.25) is 0 Å². The van der Waals surface area contributed by atoms with Crippen LogP contribution in [-0.2, 0) is 6.42 Å². The Balaban J connectivity index is 2.32. The van der Waals surface area contributed by atoms with Crippen LogP contribution in [0.5, 0.6) is 0 Å². The van der Waals surface area contributed by atoms with E-state index in [0.717, 1.165) is 6.42 Å². The maximum Gasteiger partial charge on any atom is 0.315 e. The Morgan fingerprint density at radius 2 is 2.10 bits per heavy atom. The van der Waals surface area contributed by atoms with Crippen LogP contribution in [0.1, 0.15) is 31.4 Å². The molecule has 112 valence electrons. The number of amides is 2. The first-order valence-electron chi connectivity index (χ1n) is 7.23. The number of nitrogens with one attached hydrogen (secondary N) is 2. The minimum absolute atomic E-state index is 0.0129. The van der Waals surface area contributed by atoms with Gasteiger partial charge in [-0.2, -0.15) is 0 Å². The second kappa shape index (κ2) is 8.59. The SMILES string of the molecule is Cc1cccc(CCNC(=O)NC(CCO)C(C)C)c1. The minimum atomic E-state index is -0.162. The molecule has 0 bridgehead atoms. The molecule has 1 unspecified atom stereocenters. The molecular formula is C16H26N2O2. The number of rotatable bonds is 7. The molecule has 0 fully saturated rings. The largest absolute Gasteiger partial charge is 0.396 e. The molecule has 20 heavy (non-hydrogen) atoms. The maximum atomic E-state index is 11.8. The first-order valence-corrected chi connectivity index (χ1v) is 7.23. The van der Waals surface area contributed by atoms with E-state index >= 15 is 0 Å². The Bertz CT molecular complexity index is 419. The molecule has 0 saturated heterocycles. The zero-order valence-corrected chi connectivity index (χ0v) is 12.6. The normalized spacial score (nSPS) is 12.2. The van der Waals surface area contributed by atoms with Crippen molar-refractivity contribution < 1.29 is 9.90 Å². The van der Waals surface area contributed by atoms with Crippen LogP contribution in [0.4, 0.5) is 4.79 Å². The lowest BCUT2D eigenvalue weighted by atomic mass is 10.0. The number of aliphatic hydroxyl groups excluding tert-OH is 1. The van der Waals surface area contributed by atoms with E-state index in [1.54, 1.807) is 0 Å². The van der Waals surface area contributed by atoms with Gasteiger partial charge in [0.2, 0.25) is 0 Å². The average Bonchev–Trinajstić information content (AvgIpc) is 2.38. The maximum absolute atomic E-state index is 11.8. The predicted molar refractivity (Wildman–Crippen MR) is 81.7 cm³/mol. The van der Waals surface area contributed by atoms with Crippen molar-refractivity contribution in [1.29, 1.82) is 0 Å². The molecule has 1 aromatic rings. The number of aliphatic hydroxyl groups is 1. The topological polar surface area (TPSA) is 61.4 Å². The van der Waals surface area contributed by atoms with Gasteiger partial charge in [0.15, 0.2) is 0 Å². The molecular weight excluding hydrogens is 252 g/mol. The molecule has 3 N–H and O–H groups in total. The van der Waals surface area contributed by atoms with Crippen LogP contribution in [0, 0.1) is 12.8 Å². The zero-order chi connectivity index (χ0) is 15.0. The summed E-state index contributed by atoms with van der Waals surface area (Å²) in [6, 6.07) is 8.13. The Morgan fingerprint density at radius 3 is 2.70 bits per heavy atom. The molecule has 4 nitrogen and oxygen atoms in total. The molecule has 1 rings (SSSR count). The van der Waals surface area contributed by atoms with Gasteiger partial charge in [0.25, 0.3) is 0 Å². The fourth-order valence-corrected chi connectivity index (χ4v) is 2.12. The fraction of sp³-hybridized carbons (Fsp3) is 0.562. The van der Waals surface area contributed by atoms with Crippen LogP contribution in [-0.4, -0.2) is 30.3 Å². The molecule has 0 saturated carbocycles. The molecule has 0 heterocycles. The van der Waals surface area contributed by atoms with Crippen molar-refractivity contribution in [3.05, 3.63) is 35.4 Å². The van der Waals surface area contributed by atoms with E-state index in [-0.39, 0.29) is 18.7 Å². The van der Waals surface area contributed by atoms with Gasteiger partial charge >= 0.3 is 6.03 Å². The van der Waals surface area contributed by atoms with Crippen molar-refractivity contribution in [2.24, 2.45) is 5.92 Å². The van der Waals surface area contributed by atoms with Gasteiger partial charge < -0.3 is 15.7 Å². The summed E-state index contributed by atoms with van der Waals surface area (Å²) < 4.78 is 0. The third kappa shape index (κ3) is 6.06. The van der Waals surface area contributed by atoms with E-state index in [9.17, 15) is 4.79 Å². The van der Waals surface area contributed by atoms with Crippen LogP contribution in [0.3, 0.4) is 0 Å². The van der Waals surface area contributed by atoms with Gasteiger partial charge in [-0.3, -0.25) is 0 Å². The van der Waals surface area contributed by atoms with Gasteiger partial charge in [0, 0.05) is 19.2 Å². The third-order valence-electron chi connectivity index (χ3n) is 3.34. The zero-order valence-electron chi connectivity index (χ0n) is 12.6. The Kier molecular flexibility index (Phi) is 7.09. The highest BCUT2D eigenvalue weighted by atomic mass is 16.3. The van der Waals surface area contributed by atoms with Crippen LogP contribution < -0.4 is 10.6 Å². The quantitative estimate of drug-likeness (QED) is 0.716. The monoisotopic (exact) mass is 278 g/mol. The van der Waals surface area contributed by atoms with Gasteiger partial charge in [-0.05, 0) is 31.2 Å². The van der Waals surface area contributed by atoms with Crippen LogP contribution in [0.15, 0.2) is 24.3 Å². The molecule has 4 heteroatoms. The van der Waals surface area contributed by atoms with Crippen molar-refractivity contribution in [1.82, 2.24) is 10.6 Å². The average molecular weight is 278 g/mol. The summed E-state index contributed by atoms with van der Waals surface area (Å²) in [6.07, 6.45) is 1.41. The highest BCUT2D eigenvalue weighted by Crippen LogP contribution is 2.06. The Hall–Kier alpha value is -1.55. The number of hydrogen-bond donors (Lipinski definition) is 3. The number of carbonyl (C=O) groups is 1. The van der Waals surface area contributed by atoms with E-state index < -0.39 is 0 Å². The standard InChI is InChI=1S/C16H26N2O2/c1-12(2)15(8-10-19)18-16(20)17-9-7-14-6-4-5-13(3)11-14/h4-6,11-12,15,19H,7-10H2,1-3H3,(H2,17,18,20). The Morgan fingerprint density at radius 1 is 1.35 bits per heavy atom.